The molecule has 20 heavy (non-hydrogen) atoms. The summed E-state index contributed by atoms with van der Waals surface area (Å²) in [6.45, 7) is 1.56. The molecule has 0 aliphatic heterocycles. The number of hydrogen-bond donors (Lipinski definition) is 1. The lowest BCUT2D eigenvalue weighted by Crippen LogP contribution is -1.92. The molecule has 0 bridgehead atoms. The SMILES string of the molecule is CC(=O)c1ccc(-c2nc(C3=CC=CCC3)n[nH]2)cc1. The van der Waals surface area contributed by atoms with Gasteiger partial charge in [-0.3, -0.25) is 9.89 Å². The molecule has 0 atom stereocenters. The molecule has 100 valence electrons. The summed E-state index contributed by atoms with van der Waals surface area (Å²) >= 11 is 0. The van der Waals surface area contributed by atoms with Crippen LogP contribution in [0.15, 0.2) is 42.5 Å². The zero-order valence-corrected chi connectivity index (χ0v) is 11.3. The van der Waals surface area contributed by atoms with Gasteiger partial charge in [0.2, 0.25) is 0 Å². The highest BCUT2D eigenvalue weighted by Gasteiger charge is 2.11. The van der Waals surface area contributed by atoms with E-state index in [1.165, 1.54) is 0 Å². The number of allylic oxidation sites excluding steroid dienone is 4. The lowest BCUT2D eigenvalue weighted by Gasteiger charge is -2.03. The third-order valence-corrected chi connectivity index (χ3v) is 3.35. The molecule has 1 aromatic carbocycles. The first kappa shape index (κ1) is 12.5. The van der Waals surface area contributed by atoms with Crippen LogP contribution < -0.4 is 0 Å². The van der Waals surface area contributed by atoms with Crippen LogP contribution in [0.1, 0.15) is 35.9 Å². The van der Waals surface area contributed by atoms with Gasteiger partial charge in [0, 0.05) is 11.1 Å². The van der Waals surface area contributed by atoms with E-state index in [0.29, 0.717) is 5.56 Å². The van der Waals surface area contributed by atoms with E-state index in [1.54, 1.807) is 6.92 Å². The number of hydrogen-bond acceptors (Lipinski definition) is 3. The minimum atomic E-state index is 0.0638. The van der Waals surface area contributed by atoms with Gasteiger partial charge in [-0.15, -0.1) is 0 Å². The number of Topliss-reactive ketones (excluding diaryl/α,β-unsaturated/α-hetero) is 1. The molecule has 3 rings (SSSR count). The molecular weight excluding hydrogens is 250 g/mol. The second-order valence-corrected chi connectivity index (χ2v) is 4.80. The molecule has 0 unspecified atom stereocenters. The Balaban J connectivity index is 1.88. The fraction of sp³-hybridized carbons (Fsp3) is 0.188. The van der Waals surface area contributed by atoms with E-state index >= 15 is 0 Å². The average molecular weight is 265 g/mol. The second-order valence-electron chi connectivity index (χ2n) is 4.80. The molecule has 0 fully saturated rings. The monoisotopic (exact) mass is 265 g/mol. The van der Waals surface area contributed by atoms with E-state index in [-0.39, 0.29) is 5.78 Å². The van der Waals surface area contributed by atoms with E-state index in [1.807, 2.05) is 30.3 Å². The largest absolute Gasteiger partial charge is 0.295 e. The Labute approximate surface area is 117 Å². The van der Waals surface area contributed by atoms with Gasteiger partial charge < -0.3 is 0 Å². The molecule has 0 radical (unpaired) electrons. The fourth-order valence-electron chi connectivity index (χ4n) is 2.19. The summed E-state index contributed by atoms with van der Waals surface area (Å²) in [4.78, 5) is 15.8. The zero-order valence-electron chi connectivity index (χ0n) is 11.3. The maximum atomic E-state index is 11.3. The van der Waals surface area contributed by atoms with Crippen molar-refractivity contribution in [2.45, 2.75) is 19.8 Å². The Morgan fingerprint density at radius 1 is 1.25 bits per heavy atom. The van der Waals surface area contributed by atoms with Gasteiger partial charge in [-0.2, -0.15) is 5.10 Å². The molecule has 1 aromatic heterocycles. The maximum absolute atomic E-state index is 11.3. The number of aromatic amines is 1. The third-order valence-electron chi connectivity index (χ3n) is 3.35. The molecule has 1 N–H and O–H groups in total. The van der Waals surface area contributed by atoms with Crippen LogP contribution >= 0.6 is 0 Å². The standard InChI is InChI=1S/C16H15N3O/c1-11(20)12-7-9-14(10-8-12)16-17-15(18-19-16)13-5-3-2-4-6-13/h2-3,5,7-10H,4,6H2,1H3,(H,17,18,19). The summed E-state index contributed by atoms with van der Waals surface area (Å²) in [5, 5.41) is 7.23. The van der Waals surface area contributed by atoms with Crippen molar-refractivity contribution in [1.82, 2.24) is 15.2 Å². The molecule has 1 heterocycles. The number of nitrogens with one attached hydrogen (secondary N) is 1. The molecule has 4 heteroatoms. The highest BCUT2D eigenvalue weighted by atomic mass is 16.1. The maximum Gasteiger partial charge on any atom is 0.177 e. The molecule has 1 aliphatic rings. The Hall–Kier alpha value is -2.49. The van der Waals surface area contributed by atoms with Gasteiger partial charge in [-0.05, 0) is 25.3 Å². The first-order valence-corrected chi connectivity index (χ1v) is 6.64. The van der Waals surface area contributed by atoms with Crippen molar-refractivity contribution in [1.29, 1.82) is 0 Å². The van der Waals surface area contributed by atoms with E-state index in [2.05, 4.69) is 27.3 Å². The lowest BCUT2D eigenvalue weighted by atomic mass is 10.0. The normalized spacial score (nSPS) is 14.2. The Kier molecular flexibility index (Phi) is 3.29. The van der Waals surface area contributed by atoms with Crippen molar-refractivity contribution in [3.05, 3.63) is 53.9 Å². The predicted octanol–water partition coefficient (Wildman–Crippen LogP) is 3.41. The van der Waals surface area contributed by atoms with Crippen LogP contribution in [0.25, 0.3) is 17.0 Å². The summed E-state index contributed by atoms with van der Waals surface area (Å²) in [5.74, 6) is 1.54. The molecule has 1 aliphatic carbocycles. The molecule has 0 saturated carbocycles. The van der Waals surface area contributed by atoms with Crippen LogP contribution in [0.3, 0.4) is 0 Å². The van der Waals surface area contributed by atoms with Gasteiger partial charge in [-0.1, -0.05) is 42.5 Å². The van der Waals surface area contributed by atoms with Crippen molar-refractivity contribution < 1.29 is 4.79 Å². The number of nitrogens with zero attached hydrogens (tertiary/aromatic N) is 2. The van der Waals surface area contributed by atoms with E-state index in [4.69, 9.17) is 0 Å². The number of H-pyrrole nitrogens is 1. The van der Waals surface area contributed by atoms with E-state index in [0.717, 1.165) is 35.6 Å². The number of benzene rings is 1. The lowest BCUT2D eigenvalue weighted by molar-refractivity contribution is 0.101. The van der Waals surface area contributed by atoms with Crippen LogP contribution in [-0.4, -0.2) is 21.0 Å². The van der Waals surface area contributed by atoms with Crippen molar-refractivity contribution >= 4 is 11.4 Å². The quantitative estimate of drug-likeness (QED) is 0.865. The zero-order chi connectivity index (χ0) is 13.9. The van der Waals surface area contributed by atoms with Crippen LogP contribution in [0.5, 0.6) is 0 Å². The first-order valence-electron chi connectivity index (χ1n) is 6.64. The number of rotatable bonds is 3. The van der Waals surface area contributed by atoms with Crippen LogP contribution in [0.4, 0.5) is 0 Å². The summed E-state index contributed by atoms with van der Waals surface area (Å²) in [7, 11) is 0. The first-order chi connectivity index (χ1) is 9.74. The van der Waals surface area contributed by atoms with Crippen LogP contribution in [0.2, 0.25) is 0 Å². The average Bonchev–Trinajstić information content (AvgIpc) is 2.98. The van der Waals surface area contributed by atoms with Gasteiger partial charge in [0.1, 0.15) is 0 Å². The summed E-state index contributed by atoms with van der Waals surface area (Å²) in [6.07, 6.45) is 8.23. The number of aromatic nitrogens is 3. The Morgan fingerprint density at radius 3 is 2.70 bits per heavy atom. The van der Waals surface area contributed by atoms with Gasteiger partial charge in [0.25, 0.3) is 0 Å². The van der Waals surface area contributed by atoms with Crippen molar-refractivity contribution in [2.24, 2.45) is 0 Å². The predicted molar refractivity (Wildman–Crippen MR) is 78.2 cm³/mol. The van der Waals surface area contributed by atoms with Gasteiger partial charge in [-0.25, -0.2) is 4.98 Å². The van der Waals surface area contributed by atoms with E-state index in [9.17, 15) is 4.79 Å². The number of carbonyl (C=O) groups excluding carboxylic acids is 1. The fourth-order valence-corrected chi connectivity index (χ4v) is 2.19. The summed E-state index contributed by atoms with van der Waals surface area (Å²) in [6, 6.07) is 7.39. The molecule has 4 nitrogen and oxygen atoms in total. The van der Waals surface area contributed by atoms with Crippen molar-refractivity contribution in [3.8, 4) is 11.4 Å². The molecule has 0 saturated heterocycles. The minimum Gasteiger partial charge on any atom is -0.295 e. The van der Waals surface area contributed by atoms with E-state index < -0.39 is 0 Å². The highest BCUT2D eigenvalue weighted by Crippen LogP contribution is 2.23. The summed E-state index contributed by atoms with van der Waals surface area (Å²) < 4.78 is 0. The molecule has 0 amide bonds. The minimum absolute atomic E-state index is 0.0638. The van der Waals surface area contributed by atoms with Gasteiger partial charge in [0.15, 0.2) is 17.4 Å². The van der Waals surface area contributed by atoms with Crippen molar-refractivity contribution in [2.75, 3.05) is 0 Å². The third kappa shape index (κ3) is 2.45. The second kappa shape index (κ2) is 5.25. The molecular formula is C16H15N3O. The topological polar surface area (TPSA) is 58.6 Å². The highest BCUT2D eigenvalue weighted by molar-refractivity contribution is 5.94. The summed E-state index contributed by atoms with van der Waals surface area (Å²) in [5.41, 5.74) is 2.78. The molecule has 2 aromatic rings. The Morgan fingerprint density at radius 2 is 2.05 bits per heavy atom. The van der Waals surface area contributed by atoms with Crippen LogP contribution in [-0.2, 0) is 0 Å². The van der Waals surface area contributed by atoms with Crippen LogP contribution in [0, 0.1) is 0 Å². The Bertz CT molecular complexity index is 693. The van der Waals surface area contributed by atoms with Gasteiger partial charge >= 0.3 is 0 Å². The smallest absolute Gasteiger partial charge is 0.177 e. The van der Waals surface area contributed by atoms with Crippen molar-refractivity contribution in [3.63, 3.8) is 0 Å². The van der Waals surface area contributed by atoms with Gasteiger partial charge in [0.05, 0.1) is 0 Å². The number of ketones is 1. The molecule has 0 spiro atoms. The number of carbonyl (C=O) groups is 1.